The van der Waals surface area contributed by atoms with Gasteiger partial charge < -0.3 is 9.64 Å². The molecule has 0 aromatic heterocycles. The minimum atomic E-state index is -0.559. The highest BCUT2D eigenvalue weighted by atomic mass is 16.5. The maximum atomic E-state index is 12.5. The highest BCUT2D eigenvalue weighted by Crippen LogP contribution is 2.31. The molecular weight excluding hydrogens is 240 g/mol. The van der Waals surface area contributed by atoms with Crippen LogP contribution in [0.1, 0.15) is 26.2 Å². The molecule has 4 heteroatoms. The van der Waals surface area contributed by atoms with Crippen LogP contribution in [0.4, 0.5) is 5.69 Å². The Kier molecular flexibility index (Phi) is 4.40. The number of hydrogen-bond acceptors (Lipinski definition) is 3. The number of para-hydroxylation sites is 2. The number of nitrogens with zero attached hydrogens (tertiary/aromatic N) is 2. The summed E-state index contributed by atoms with van der Waals surface area (Å²) in [7, 11) is 0. The summed E-state index contributed by atoms with van der Waals surface area (Å²) in [6.45, 7) is 3.20. The first-order valence-corrected chi connectivity index (χ1v) is 6.70. The van der Waals surface area contributed by atoms with Gasteiger partial charge >= 0.3 is 0 Å². The number of rotatable bonds is 3. The number of fused-ring (bicyclic) bond motifs is 1. The van der Waals surface area contributed by atoms with Crippen LogP contribution in [0, 0.1) is 17.2 Å². The van der Waals surface area contributed by atoms with E-state index in [0.29, 0.717) is 19.6 Å². The van der Waals surface area contributed by atoms with Gasteiger partial charge in [0.05, 0.1) is 18.4 Å². The van der Waals surface area contributed by atoms with Gasteiger partial charge in [-0.3, -0.25) is 4.79 Å². The highest BCUT2D eigenvalue weighted by molar-refractivity contribution is 5.97. The third-order valence-corrected chi connectivity index (χ3v) is 3.24. The summed E-state index contributed by atoms with van der Waals surface area (Å²) in [4.78, 5) is 14.2. The molecule has 1 aliphatic rings. The van der Waals surface area contributed by atoms with E-state index < -0.39 is 5.92 Å². The molecule has 0 aliphatic carbocycles. The van der Waals surface area contributed by atoms with Crippen molar-refractivity contribution >= 4 is 11.6 Å². The number of ether oxygens (including phenoxy) is 1. The minimum absolute atomic E-state index is 0.109. The normalized spacial score (nSPS) is 15.7. The zero-order chi connectivity index (χ0) is 13.7. The van der Waals surface area contributed by atoms with Gasteiger partial charge in [-0.25, -0.2) is 0 Å². The third kappa shape index (κ3) is 2.87. The average Bonchev–Trinajstić information content (AvgIpc) is 2.66. The molecule has 1 aromatic rings. The van der Waals surface area contributed by atoms with Gasteiger partial charge in [-0.1, -0.05) is 25.5 Å². The van der Waals surface area contributed by atoms with Crippen molar-refractivity contribution in [1.82, 2.24) is 0 Å². The molecule has 1 unspecified atom stereocenters. The van der Waals surface area contributed by atoms with Crippen LogP contribution in [0.5, 0.6) is 5.75 Å². The van der Waals surface area contributed by atoms with Crippen LogP contribution in [-0.4, -0.2) is 19.1 Å². The van der Waals surface area contributed by atoms with Gasteiger partial charge in [0.2, 0.25) is 5.91 Å². The zero-order valence-corrected chi connectivity index (χ0v) is 11.1. The SMILES string of the molecule is CCCC(C#N)C(=O)N1CCCOc2ccccc21. The quantitative estimate of drug-likeness (QED) is 0.837. The van der Waals surface area contributed by atoms with Crippen LogP contribution < -0.4 is 9.64 Å². The fourth-order valence-electron chi connectivity index (χ4n) is 2.28. The second-order valence-electron chi connectivity index (χ2n) is 4.63. The molecule has 0 saturated heterocycles. The standard InChI is InChI=1S/C15H18N2O2/c1-2-6-12(11-16)15(18)17-9-5-10-19-14-8-4-3-7-13(14)17/h3-4,7-8,12H,2,5-6,9-10H2,1H3. The molecule has 0 radical (unpaired) electrons. The Labute approximate surface area is 113 Å². The summed E-state index contributed by atoms with van der Waals surface area (Å²) in [5.74, 6) is 0.0556. The molecule has 0 saturated carbocycles. The number of anilines is 1. The number of benzene rings is 1. The molecule has 2 rings (SSSR count). The molecule has 0 spiro atoms. The smallest absolute Gasteiger partial charge is 0.244 e. The Morgan fingerprint density at radius 1 is 1.53 bits per heavy atom. The topological polar surface area (TPSA) is 53.3 Å². The maximum absolute atomic E-state index is 12.5. The predicted molar refractivity (Wildman–Crippen MR) is 72.9 cm³/mol. The van der Waals surface area contributed by atoms with Crippen molar-refractivity contribution in [1.29, 1.82) is 5.26 Å². The molecule has 1 amide bonds. The van der Waals surface area contributed by atoms with Crippen molar-refractivity contribution in [2.45, 2.75) is 26.2 Å². The second kappa shape index (κ2) is 6.24. The van der Waals surface area contributed by atoms with Gasteiger partial charge in [-0.05, 0) is 25.0 Å². The Morgan fingerprint density at radius 2 is 2.32 bits per heavy atom. The summed E-state index contributed by atoms with van der Waals surface area (Å²) in [5.41, 5.74) is 0.779. The van der Waals surface area contributed by atoms with Crippen LogP contribution in [0.3, 0.4) is 0 Å². The first kappa shape index (κ1) is 13.4. The Balaban J connectivity index is 2.29. The van der Waals surface area contributed by atoms with E-state index in [9.17, 15) is 4.79 Å². The van der Waals surface area contributed by atoms with Crippen molar-refractivity contribution in [3.05, 3.63) is 24.3 Å². The van der Waals surface area contributed by atoms with E-state index in [0.717, 1.165) is 24.3 Å². The first-order valence-electron chi connectivity index (χ1n) is 6.70. The summed E-state index contributed by atoms with van der Waals surface area (Å²) in [6, 6.07) is 9.63. The average molecular weight is 258 g/mol. The summed E-state index contributed by atoms with van der Waals surface area (Å²) in [5, 5.41) is 9.15. The predicted octanol–water partition coefficient (Wildman–Crippen LogP) is 2.74. The number of amides is 1. The van der Waals surface area contributed by atoms with E-state index in [4.69, 9.17) is 10.00 Å². The van der Waals surface area contributed by atoms with Crippen LogP contribution in [0.15, 0.2) is 24.3 Å². The van der Waals surface area contributed by atoms with E-state index >= 15 is 0 Å². The van der Waals surface area contributed by atoms with Gasteiger partial charge in [-0.2, -0.15) is 5.26 Å². The first-order chi connectivity index (χ1) is 9.27. The van der Waals surface area contributed by atoms with Crippen molar-refractivity contribution in [3.8, 4) is 11.8 Å². The number of nitriles is 1. The van der Waals surface area contributed by atoms with E-state index in [1.807, 2.05) is 31.2 Å². The van der Waals surface area contributed by atoms with Crippen molar-refractivity contribution in [3.63, 3.8) is 0 Å². The van der Waals surface area contributed by atoms with Gasteiger partial charge in [-0.15, -0.1) is 0 Å². The fourth-order valence-corrected chi connectivity index (χ4v) is 2.28. The third-order valence-electron chi connectivity index (χ3n) is 3.24. The molecule has 1 aliphatic heterocycles. The van der Waals surface area contributed by atoms with Crippen molar-refractivity contribution < 1.29 is 9.53 Å². The lowest BCUT2D eigenvalue weighted by Gasteiger charge is -2.23. The van der Waals surface area contributed by atoms with Gasteiger partial charge in [0.15, 0.2) is 0 Å². The Hall–Kier alpha value is -2.02. The summed E-state index contributed by atoms with van der Waals surface area (Å²) in [6.07, 6.45) is 2.22. The molecule has 0 bridgehead atoms. The molecule has 100 valence electrons. The Morgan fingerprint density at radius 3 is 3.05 bits per heavy atom. The van der Waals surface area contributed by atoms with E-state index in [1.54, 1.807) is 4.90 Å². The Bertz CT molecular complexity index is 493. The van der Waals surface area contributed by atoms with E-state index in [-0.39, 0.29) is 5.91 Å². The molecule has 4 nitrogen and oxygen atoms in total. The van der Waals surface area contributed by atoms with E-state index in [2.05, 4.69) is 6.07 Å². The second-order valence-corrected chi connectivity index (χ2v) is 4.63. The van der Waals surface area contributed by atoms with Crippen LogP contribution in [0.25, 0.3) is 0 Å². The van der Waals surface area contributed by atoms with Gasteiger partial charge in [0, 0.05) is 6.54 Å². The number of hydrogen-bond donors (Lipinski definition) is 0. The largest absolute Gasteiger partial charge is 0.491 e. The number of carbonyl (C=O) groups is 1. The molecule has 1 heterocycles. The molecule has 1 aromatic carbocycles. The fraction of sp³-hybridized carbons (Fsp3) is 0.467. The summed E-state index contributed by atoms with van der Waals surface area (Å²) < 4.78 is 5.63. The van der Waals surface area contributed by atoms with Crippen molar-refractivity contribution in [2.75, 3.05) is 18.1 Å². The highest BCUT2D eigenvalue weighted by Gasteiger charge is 2.27. The maximum Gasteiger partial charge on any atom is 0.244 e. The van der Waals surface area contributed by atoms with Crippen LogP contribution >= 0.6 is 0 Å². The molecule has 0 fully saturated rings. The van der Waals surface area contributed by atoms with E-state index in [1.165, 1.54) is 0 Å². The summed E-state index contributed by atoms with van der Waals surface area (Å²) >= 11 is 0. The lowest BCUT2D eigenvalue weighted by Crippen LogP contribution is -2.36. The number of carbonyl (C=O) groups excluding carboxylic acids is 1. The van der Waals surface area contributed by atoms with Crippen molar-refractivity contribution in [2.24, 2.45) is 5.92 Å². The molecule has 19 heavy (non-hydrogen) atoms. The van der Waals surface area contributed by atoms with Gasteiger partial charge in [0.1, 0.15) is 11.7 Å². The lowest BCUT2D eigenvalue weighted by molar-refractivity contribution is -0.121. The monoisotopic (exact) mass is 258 g/mol. The molecule has 1 atom stereocenters. The zero-order valence-electron chi connectivity index (χ0n) is 11.1. The molecular formula is C15H18N2O2. The molecule has 0 N–H and O–H groups in total. The lowest BCUT2D eigenvalue weighted by atomic mass is 10.0. The van der Waals surface area contributed by atoms with Crippen LogP contribution in [-0.2, 0) is 4.79 Å². The van der Waals surface area contributed by atoms with Crippen LogP contribution in [0.2, 0.25) is 0 Å². The minimum Gasteiger partial charge on any atom is -0.491 e. The van der Waals surface area contributed by atoms with Gasteiger partial charge in [0.25, 0.3) is 0 Å².